The molecule has 3 rings (SSSR count). The van der Waals surface area contributed by atoms with E-state index in [1.54, 1.807) is 12.5 Å². The highest BCUT2D eigenvalue weighted by atomic mass is 16.5. The van der Waals surface area contributed by atoms with Crippen LogP contribution >= 0.6 is 0 Å². The molecule has 0 spiro atoms. The Morgan fingerprint density at radius 1 is 0.812 bits per heavy atom. The van der Waals surface area contributed by atoms with E-state index in [0.717, 1.165) is 5.69 Å². The highest BCUT2D eigenvalue weighted by Gasteiger charge is 2.06. The lowest BCUT2D eigenvalue weighted by Crippen LogP contribution is -2.09. The predicted molar refractivity (Wildman–Crippen MR) is 65.8 cm³/mol. The highest BCUT2D eigenvalue weighted by molar-refractivity contribution is 5.95. The third kappa shape index (κ3) is 1.44. The SMILES string of the molecule is C1=CN(c2cccc3ccccc23)C=CO1. The number of nitrogens with zero attached hydrogens (tertiary/aromatic N) is 1. The van der Waals surface area contributed by atoms with E-state index in [-0.39, 0.29) is 0 Å². The molecule has 0 aliphatic carbocycles. The number of ether oxygens (including phenoxy) is 1. The van der Waals surface area contributed by atoms with E-state index in [2.05, 4.69) is 42.5 Å². The fraction of sp³-hybridized carbons (Fsp3) is 0. The molecule has 0 aromatic heterocycles. The zero-order valence-corrected chi connectivity index (χ0v) is 8.71. The smallest absolute Gasteiger partial charge is 0.107 e. The Kier molecular flexibility index (Phi) is 2.11. The molecule has 0 saturated carbocycles. The lowest BCUT2D eigenvalue weighted by molar-refractivity contribution is 0.393. The van der Waals surface area contributed by atoms with Crippen molar-refractivity contribution in [2.45, 2.75) is 0 Å². The summed E-state index contributed by atoms with van der Waals surface area (Å²) in [5.74, 6) is 0. The van der Waals surface area contributed by atoms with E-state index in [0.29, 0.717) is 0 Å². The Labute approximate surface area is 94.1 Å². The Bertz CT molecular complexity index is 554. The molecule has 1 aliphatic heterocycles. The molecule has 0 bridgehead atoms. The molecule has 0 radical (unpaired) electrons. The number of rotatable bonds is 1. The molecule has 1 aliphatic rings. The van der Waals surface area contributed by atoms with E-state index in [1.165, 1.54) is 10.8 Å². The van der Waals surface area contributed by atoms with Crippen molar-refractivity contribution >= 4 is 16.5 Å². The van der Waals surface area contributed by atoms with Crippen LogP contribution in [0.3, 0.4) is 0 Å². The Morgan fingerprint density at radius 3 is 2.44 bits per heavy atom. The summed E-state index contributed by atoms with van der Waals surface area (Å²) < 4.78 is 5.03. The first kappa shape index (κ1) is 9.04. The van der Waals surface area contributed by atoms with E-state index in [4.69, 9.17) is 4.74 Å². The zero-order chi connectivity index (χ0) is 10.8. The van der Waals surface area contributed by atoms with Crippen molar-refractivity contribution in [1.82, 2.24) is 0 Å². The van der Waals surface area contributed by atoms with Gasteiger partial charge in [0, 0.05) is 17.8 Å². The number of benzene rings is 2. The number of anilines is 1. The fourth-order valence-electron chi connectivity index (χ4n) is 1.89. The lowest BCUT2D eigenvalue weighted by atomic mass is 10.1. The summed E-state index contributed by atoms with van der Waals surface area (Å²) in [6.45, 7) is 0. The van der Waals surface area contributed by atoms with Crippen molar-refractivity contribution in [2.75, 3.05) is 4.90 Å². The minimum atomic E-state index is 1.16. The van der Waals surface area contributed by atoms with Gasteiger partial charge in [0.15, 0.2) is 0 Å². The monoisotopic (exact) mass is 209 g/mol. The van der Waals surface area contributed by atoms with Gasteiger partial charge >= 0.3 is 0 Å². The molecule has 0 amide bonds. The molecule has 1 heterocycles. The van der Waals surface area contributed by atoms with Gasteiger partial charge in [0.25, 0.3) is 0 Å². The molecule has 0 fully saturated rings. The van der Waals surface area contributed by atoms with Gasteiger partial charge in [-0.15, -0.1) is 0 Å². The molecule has 0 atom stereocenters. The summed E-state index contributed by atoms with van der Waals surface area (Å²) in [4.78, 5) is 2.05. The Balaban J connectivity index is 2.19. The van der Waals surface area contributed by atoms with Gasteiger partial charge in [0.1, 0.15) is 12.5 Å². The second-order valence-corrected chi connectivity index (χ2v) is 3.61. The lowest BCUT2D eigenvalue weighted by Gasteiger charge is -2.19. The first-order valence-corrected chi connectivity index (χ1v) is 5.20. The second-order valence-electron chi connectivity index (χ2n) is 3.61. The first-order chi connectivity index (χ1) is 7.95. The number of hydrogen-bond acceptors (Lipinski definition) is 2. The molecule has 2 aromatic carbocycles. The molecular weight excluding hydrogens is 198 g/mol. The number of fused-ring (bicyclic) bond motifs is 1. The molecule has 0 unspecified atom stereocenters. The summed E-state index contributed by atoms with van der Waals surface area (Å²) in [5, 5.41) is 2.48. The average molecular weight is 209 g/mol. The molecule has 0 N–H and O–H groups in total. The van der Waals surface area contributed by atoms with Crippen LogP contribution in [0.25, 0.3) is 10.8 Å². The van der Waals surface area contributed by atoms with Gasteiger partial charge in [-0.2, -0.15) is 0 Å². The summed E-state index contributed by atoms with van der Waals surface area (Å²) in [5.41, 5.74) is 1.16. The van der Waals surface area contributed by atoms with Crippen LogP contribution in [0.15, 0.2) is 67.4 Å². The first-order valence-electron chi connectivity index (χ1n) is 5.20. The van der Waals surface area contributed by atoms with E-state index < -0.39 is 0 Å². The third-order valence-electron chi connectivity index (χ3n) is 2.64. The van der Waals surface area contributed by atoms with Crippen LogP contribution in [-0.2, 0) is 4.74 Å². The normalized spacial score (nSPS) is 14.1. The van der Waals surface area contributed by atoms with Gasteiger partial charge in [-0.1, -0.05) is 36.4 Å². The van der Waals surface area contributed by atoms with Gasteiger partial charge in [0.05, 0.1) is 5.69 Å². The minimum absolute atomic E-state index is 1.16. The molecule has 2 nitrogen and oxygen atoms in total. The topological polar surface area (TPSA) is 12.5 Å². The van der Waals surface area contributed by atoms with Crippen molar-refractivity contribution in [1.29, 1.82) is 0 Å². The van der Waals surface area contributed by atoms with Crippen LogP contribution in [0.5, 0.6) is 0 Å². The van der Waals surface area contributed by atoms with Gasteiger partial charge in [0.2, 0.25) is 0 Å². The van der Waals surface area contributed by atoms with Crippen molar-refractivity contribution in [3.05, 3.63) is 67.4 Å². The zero-order valence-electron chi connectivity index (χ0n) is 8.71. The Morgan fingerprint density at radius 2 is 1.56 bits per heavy atom. The van der Waals surface area contributed by atoms with E-state index >= 15 is 0 Å². The van der Waals surface area contributed by atoms with Crippen molar-refractivity contribution in [2.24, 2.45) is 0 Å². The molecule has 0 saturated heterocycles. The van der Waals surface area contributed by atoms with Crippen LogP contribution in [-0.4, -0.2) is 0 Å². The van der Waals surface area contributed by atoms with Crippen LogP contribution < -0.4 is 4.90 Å². The van der Waals surface area contributed by atoms with Gasteiger partial charge < -0.3 is 9.64 Å². The van der Waals surface area contributed by atoms with Crippen LogP contribution in [0, 0.1) is 0 Å². The van der Waals surface area contributed by atoms with Gasteiger partial charge in [-0.3, -0.25) is 0 Å². The quantitative estimate of drug-likeness (QED) is 0.711. The standard InChI is InChI=1S/C14H11NO/c1-2-6-13-12(4-1)5-3-7-14(13)15-8-10-16-11-9-15/h1-11H. The Hall–Kier alpha value is -2.22. The van der Waals surface area contributed by atoms with Crippen molar-refractivity contribution < 1.29 is 4.74 Å². The fourth-order valence-corrected chi connectivity index (χ4v) is 1.89. The highest BCUT2D eigenvalue weighted by Crippen LogP contribution is 2.27. The van der Waals surface area contributed by atoms with Gasteiger partial charge in [-0.25, -0.2) is 0 Å². The van der Waals surface area contributed by atoms with Crippen LogP contribution in [0.1, 0.15) is 0 Å². The summed E-state index contributed by atoms with van der Waals surface area (Å²) in [6, 6.07) is 14.6. The molecule has 78 valence electrons. The minimum Gasteiger partial charge on any atom is -0.470 e. The molecule has 2 aromatic rings. The number of hydrogen-bond donors (Lipinski definition) is 0. The maximum absolute atomic E-state index is 5.03. The molecule has 2 heteroatoms. The maximum atomic E-state index is 5.03. The second kappa shape index (κ2) is 3.74. The van der Waals surface area contributed by atoms with Crippen LogP contribution in [0.4, 0.5) is 5.69 Å². The third-order valence-corrected chi connectivity index (χ3v) is 2.64. The van der Waals surface area contributed by atoms with Crippen molar-refractivity contribution in [3.63, 3.8) is 0 Å². The summed E-state index contributed by atoms with van der Waals surface area (Å²) in [6.07, 6.45) is 7.15. The summed E-state index contributed by atoms with van der Waals surface area (Å²) in [7, 11) is 0. The van der Waals surface area contributed by atoms with Gasteiger partial charge in [-0.05, 0) is 11.5 Å². The molecular formula is C14H11NO. The maximum Gasteiger partial charge on any atom is 0.107 e. The predicted octanol–water partition coefficient (Wildman–Crippen LogP) is 3.62. The van der Waals surface area contributed by atoms with E-state index in [9.17, 15) is 0 Å². The average Bonchev–Trinajstić information content (AvgIpc) is 2.39. The molecule has 16 heavy (non-hydrogen) atoms. The largest absolute Gasteiger partial charge is 0.470 e. The van der Waals surface area contributed by atoms with Crippen LogP contribution in [0.2, 0.25) is 0 Å². The van der Waals surface area contributed by atoms with Crippen molar-refractivity contribution in [3.8, 4) is 0 Å². The van der Waals surface area contributed by atoms with E-state index in [1.807, 2.05) is 17.3 Å². The summed E-state index contributed by atoms with van der Waals surface area (Å²) >= 11 is 0.